The third kappa shape index (κ3) is 4.05. The molecule has 0 bridgehead atoms. The number of anilines is 1. The summed E-state index contributed by atoms with van der Waals surface area (Å²) in [7, 11) is 0. The van der Waals surface area contributed by atoms with Crippen LogP contribution in [-0.2, 0) is 15.1 Å². The van der Waals surface area contributed by atoms with Gasteiger partial charge in [-0.05, 0) is 53.2 Å². The lowest BCUT2D eigenvalue weighted by molar-refractivity contribution is -0.130. The van der Waals surface area contributed by atoms with E-state index in [1.165, 1.54) is 37.0 Å². The number of imide groups is 1. The second-order valence-electron chi connectivity index (χ2n) is 7.55. The Morgan fingerprint density at radius 2 is 1.97 bits per heavy atom. The van der Waals surface area contributed by atoms with Crippen molar-refractivity contribution < 1.29 is 23.6 Å². The SMILES string of the molecule is CC(=O)Nc1ccc(C(=O)CN2C(=O)NC(C)(c3cccc(-n4cnnn4)c3)C2=O)c(F)c1. The quantitative estimate of drug-likeness (QED) is 0.427. The van der Waals surface area contributed by atoms with Crippen LogP contribution in [0.2, 0.25) is 0 Å². The van der Waals surface area contributed by atoms with Gasteiger partial charge in [-0.3, -0.25) is 19.3 Å². The normalized spacial score (nSPS) is 17.7. The molecule has 0 radical (unpaired) electrons. The summed E-state index contributed by atoms with van der Waals surface area (Å²) in [4.78, 5) is 50.3. The number of tetrazole rings is 1. The third-order valence-corrected chi connectivity index (χ3v) is 5.20. The van der Waals surface area contributed by atoms with Gasteiger partial charge in [0.15, 0.2) is 5.78 Å². The third-order valence-electron chi connectivity index (χ3n) is 5.20. The fourth-order valence-electron chi connectivity index (χ4n) is 3.53. The van der Waals surface area contributed by atoms with Crippen molar-refractivity contribution in [2.45, 2.75) is 19.4 Å². The topological polar surface area (TPSA) is 139 Å². The average molecular weight is 451 g/mol. The molecule has 1 saturated heterocycles. The first-order valence-corrected chi connectivity index (χ1v) is 9.77. The molecule has 1 unspecified atom stereocenters. The van der Waals surface area contributed by atoms with E-state index in [9.17, 15) is 23.6 Å². The Morgan fingerprint density at radius 3 is 2.64 bits per heavy atom. The van der Waals surface area contributed by atoms with Gasteiger partial charge in [0.1, 0.15) is 17.7 Å². The fourth-order valence-corrected chi connectivity index (χ4v) is 3.53. The first kappa shape index (κ1) is 21.7. The van der Waals surface area contributed by atoms with Crippen molar-refractivity contribution in [1.29, 1.82) is 0 Å². The Morgan fingerprint density at radius 1 is 1.18 bits per heavy atom. The van der Waals surface area contributed by atoms with Gasteiger partial charge in [-0.1, -0.05) is 12.1 Å². The number of carbonyl (C=O) groups is 4. The highest BCUT2D eigenvalue weighted by molar-refractivity contribution is 6.11. The minimum atomic E-state index is -1.45. The van der Waals surface area contributed by atoms with Gasteiger partial charge >= 0.3 is 6.03 Å². The summed E-state index contributed by atoms with van der Waals surface area (Å²) in [5.41, 5.74) is -0.554. The van der Waals surface area contributed by atoms with Crippen LogP contribution in [-0.4, -0.2) is 55.3 Å². The second kappa shape index (κ2) is 8.22. The van der Waals surface area contributed by atoms with Crippen LogP contribution in [0.25, 0.3) is 5.69 Å². The van der Waals surface area contributed by atoms with Crippen LogP contribution in [0, 0.1) is 5.82 Å². The summed E-state index contributed by atoms with van der Waals surface area (Å²) in [6.45, 7) is 2.13. The molecule has 33 heavy (non-hydrogen) atoms. The van der Waals surface area contributed by atoms with Gasteiger partial charge in [0, 0.05) is 12.6 Å². The molecule has 1 fully saturated rings. The predicted octanol–water partition coefficient (Wildman–Crippen LogP) is 1.41. The second-order valence-corrected chi connectivity index (χ2v) is 7.55. The van der Waals surface area contributed by atoms with Crippen molar-refractivity contribution in [3.05, 3.63) is 65.7 Å². The van der Waals surface area contributed by atoms with E-state index in [1.807, 2.05) is 0 Å². The van der Waals surface area contributed by atoms with E-state index >= 15 is 0 Å². The van der Waals surface area contributed by atoms with Crippen molar-refractivity contribution in [2.24, 2.45) is 0 Å². The smallest absolute Gasteiger partial charge is 0.325 e. The molecule has 168 valence electrons. The molecule has 2 heterocycles. The molecule has 0 aliphatic carbocycles. The fraction of sp³-hybridized carbons (Fsp3) is 0.190. The largest absolute Gasteiger partial charge is 0.326 e. The molecule has 1 aromatic heterocycles. The molecule has 12 heteroatoms. The summed E-state index contributed by atoms with van der Waals surface area (Å²) in [5.74, 6) is -2.70. The van der Waals surface area contributed by atoms with Crippen LogP contribution in [0.3, 0.4) is 0 Å². The Hall–Kier alpha value is -4.48. The molecule has 1 aliphatic rings. The van der Waals surface area contributed by atoms with Gasteiger partial charge in [-0.25, -0.2) is 13.9 Å². The number of benzene rings is 2. The number of rotatable bonds is 6. The van der Waals surface area contributed by atoms with Gasteiger partial charge in [0.25, 0.3) is 5.91 Å². The number of hydrogen-bond acceptors (Lipinski definition) is 7. The van der Waals surface area contributed by atoms with Crippen LogP contribution in [0.4, 0.5) is 14.9 Å². The highest BCUT2D eigenvalue weighted by Gasteiger charge is 2.49. The molecular weight excluding hydrogens is 433 g/mol. The number of nitrogens with zero attached hydrogens (tertiary/aromatic N) is 5. The van der Waals surface area contributed by atoms with Gasteiger partial charge in [0.05, 0.1) is 17.8 Å². The summed E-state index contributed by atoms with van der Waals surface area (Å²) < 4.78 is 15.8. The number of nitrogens with one attached hydrogen (secondary N) is 2. The van der Waals surface area contributed by atoms with Gasteiger partial charge in [-0.15, -0.1) is 5.10 Å². The molecule has 2 aromatic carbocycles. The molecule has 4 rings (SSSR count). The van der Waals surface area contributed by atoms with Crippen molar-refractivity contribution in [2.75, 3.05) is 11.9 Å². The molecule has 1 aliphatic heterocycles. The standard InChI is InChI=1S/C21H18FN7O4/c1-12(30)24-14-6-7-16(17(22)9-14)18(31)10-28-19(32)21(2,25-20(28)33)13-4-3-5-15(8-13)29-11-23-26-27-29/h3-9,11H,10H2,1-2H3,(H,24,30)(H,25,33). The van der Waals surface area contributed by atoms with Crippen LogP contribution in [0.1, 0.15) is 29.8 Å². The van der Waals surface area contributed by atoms with E-state index in [0.717, 1.165) is 11.0 Å². The Kier molecular flexibility index (Phi) is 5.42. The van der Waals surface area contributed by atoms with Crippen LogP contribution in [0.5, 0.6) is 0 Å². The highest BCUT2D eigenvalue weighted by atomic mass is 19.1. The highest BCUT2D eigenvalue weighted by Crippen LogP contribution is 2.30. The maximum absolute atomic E-state index is 14.4. The van der Waals surface area contributed by atoms with Crippen molar-refractivity contribution in [3.63, 3.8) is 0 Å². The van der Waals surface area contributed by atoms with Crippen LogP contribution < -0.4 is 10.6 Å². The Bertz CT molecular complexity index is 1280. The van der Waals surface area contributed by atoms with Gasteiger partial charge in [0.2, 0.25) is 5.91 Å². The Labute approximate surface area is 186 Å². The lowest BCUT2D eigenvalue weighted by Crippen LogP contribution is -2.41. The zero-order valence-corrected chi connectivity index (χ0v) is 17.6. The molecule has 3 aromatic rings. The lowest BCUT2D eigenvalue weighted by Gasteiger charge is -2.22. The molecule has 0 spiro atoms. The zero-order valence-electron chi connectivity index (χ0n) is 17.6. The summed E-state index contributed by atoms with van der Waals surface area (Å²) in [5, 5.41) is 16.0. The van der Waals surface area contributed by atoms with Crippen LogP contribution >= 0.6 is 0 Å². The van der Waals surface area contributed by atoms with E-state index in [-0.39, 0.29) is 11.3 Å². The number of carbonyl (C=O) groups excluding carboxylic acids is 4. The molecular formula is C21H18FN7O4. The number of aromatic nitrogens is 4. The van der Waals surface area contributed by atoms with E-state index in [0.29, 0.717) is 11.3 Å². The van der Waals surface area contributed by atoms with Gasteiger partial charge < -0.3 is 10.6 Å². The molecule has 1 atom stereocenters. The summed E-state index contributed by atoms with van der Waals surface area (Å²) >= 11 is 0. The van der Waals surface area contributed by atoms with E-state index in [4.69, 9.17) is 0 Å². The van der Waals surface area contributed by atoms with E-state index < -0.39 is 41.5 Å². The first-order chi connectivity index (χ1) is 15.7. The van der Waals surface area contributed by atoms with E-state index in [1.54, 1.807) is 24.3 Å². The Balaban J connectivity index is 1.56. The summed E-state index contributed by atoms with van der Waals surface area (Å²) in [6.07, 6.45) is 1.38. The average Bonchev–Trinajstić information content (AvgIpc) is 3.37. The number of Topliss-reactive ketones (excluding diaryl/α,β-unsaturated/α-hetero) is 1. The number of ketones is 1. The van der Waals surface area contributed by atoms with Crippen molar-refractivity contribution in [3.8, 4) is 5.69 Å². The molecule has 2 N–H and O–H groups in total. The zero-order chi connectivity index (χ0) is 23.8. The molecule has 11 nitrogen and oxygen atoms in total. The number of urea groups is 1. The minimum Gasteiger partial charge on any atom is -0.326 e. The maximum Gasteiger partial charge on any atom is 0.325 e. The monoisotopic (exact) mass is 451 g/mol. The summed E-state index contributed by atoms with van der Waals surface area (Å²) in [6, 6.07) is 9.45. The number of halogens is 1. The first-order valence-electron chi connectivity index (χ1n) is 9.77. The van der Waals surface area contributed by atoms with Crippen molar-refractivity contribution >= 4 is 29.3 Å². The predicted molar refractivity (Wildman–Crippen MR) is 112 cm³/mol. The maximum atomic E-state index is 14.4. The van der Waals surface area contributed by atoms with E-state index in [2.05, 4.69) is 26.2 Å². The van der Waals surface area contributed by atoms with Crippen LogP contribution in [0.15, 0.2) is 48.8 Å². The molecule has 0 saturated carbocycles. The molecule has 4 amide bonds. The number of hydrogen-bond donors (Lipinski definition) is 2. The minimum absolute atomic E-state index is 0.182. The van der Waals surface area contributed by atoms with Crippen molar-refractivity contribution in [1.82, 2.24) is 30.4 Å². The number of amides is 4. The lowest BCUT2D eigenvalue weighted by atomic mass is 9.91. The van der Waals surface area contributed by atoms with Gasteiger partial charge in [-0.2, -0.15) is 0 Å².